The van der Waals surface area contributed by atoms with Gasteiger partial charge in [-0.2, -0.15) is 0 Å². The van der Waals surface area contributed by atoms with E-state index >= 15 is 0 Å². The number of carbonyl (C=O) groups is 1. The Kier molecular flexibility index (Phi) is 6.18. The molecule has 0 bridgehead atoms. The number of thioether (sulfide) groups is 1. The van der Waals surface area contributed by atoms with Crippen LogP contribution in [0, 0.1) is 6.92 Å². The van der Waals surface area contributed by atoms with Gasteiger partial charge in [0.25, 0.3) is 0 Å². The lowest BCUT2D eigenvalue weighted by Crippen LogP contribution is -2.26. The molecule has 0 fully saturated rings. The molecule has 0 aliphatic carbocycles. The minimum atomic E-state index is 0.0147. The summed E-state index contributed by atoms with van der Waals surface area (Å²) < 4.78 is 2.03. The summed E-state index contributed by atoms with van der Waals surface area (Å²) >= 11 is 1.40. The fourth-order valence-corrected chi connectivity index (χ4v) is 4.16. The number of nitrogens with zero attached hydrogens (tertiary/aromatic N) is 3. The summed E-state index contributed by atoms with van der Waals surface area (Å²) in [6.45, 7) is 4.88. The molecule has 4 rings (SSSR count). The van der Waals surface area contributed by atoms with Crippen LogP contribution in [0.5, 0.6) is 0 Å². The van der Waals surface area contributed by atoms with Gasteiger partial charge in [-0.3, -0.25) is 9.36 Å². The van der Waals surface area contributed by atoms with Crippen LogP contribution in [0.25, 0.3) is 28.0 Å². The maximum Gasteiger partial charge on any atom is 0.230 e. The molecule has 6 nitrogen and oxygen atoms in total. The molecule has 4 aromatic rings. The summed E-state index contributed by atoms with van der Waals surface area (Å²) in [5.41, 5.74) is 4.17. The second kappa shape index (κ2) is 9.17. The lowest BCUT2D eigenvalue weighted by atomic mass is 10.1. The van der Waals surface area contributed by atoms with Crippen molar-refractivity contribution in [2.45, 2.75) is 31.8 Å². The van der Waals surface area contributed by atoms with E-state index in [1.807, 2.05) is 41.1 Å². The first-order chi connectivity index (χ1) is 14.7. The second-order valence-electron chi connectivity index (χ2n) is 7.22. The molecule has 0 saturated carbocycles. The van der Waals surface area contributed by atoms with E-state index in [0.29, 0.717) is 17.5 Å². The van der Waals surface area contributed by atoms with E-state index in [-0.39, 0.29) is 5.91 Å². The van der Waals surface area contributed by atoms with Crippen molar-refractivity contribution in [3.8, 4) is 17.1 Å². The number of para-hydroxylation sites is 1. The van der Waals surface area contributed by atoms with E-state index in [1.54, 1.807) is 0 Å². The SMILES string of the molecule is CCCCNC(=O)CSc1nnc(-c2c[nH]c3ccccc23)n1-c1cccc(C)c1. The smallest absolute Gasteiger partial charge is 0.230 e. The predicted octanol–water partition coefficient (Wildman–Crippen LogP) is 4.73. The number of H-pyrrole nitrogens is 1. The Morgan fingerprint density at radius 2 is 2.03 bits per heavy atom. The number of amides is 1. The number of aromatic nitrogens is 4. The zero-order valence-electron chi connectivity index (χ0n) is 17.2. The van der Waals surface area contributed by atoms with Crippen LogP contribution in [0.1, 0.15) is 25.3 Å². The van der Waals surface area contributed by atoms with Crippen molar-refractivity contribution in [2.75, 3.05) is 12.3 Å². The predicted molar refractivity (Wildman–Crippen MR) is 122 cm³/mol. The zero-order valence-corrected chi connectivity index (χ0v) is 18.0. The molecule has 2 aromatic carbocycles. The Morgan fingerprint density at radius 1 is 1.17 bits per heavy atom. The van der Waals surface area contributed by atoms with Gasteiger partial charge < -0.3 is 10.3 Å². The van der Waals surface area contributed by atoms with E-state index < -0.39 is 0 Å². The Morgan fingerprint density at radius 3 is 2.87 bits per heavy atom. The lowest BCUT2D eigenvalue weighted by molar-refractivity contribution is -0.118. The van der Waals surface area contributed by atoms with Crippen LogP contribution in [-0.4, -0.2) is 38.0 Å². The topological polar surface area (TPSA) is 75.6 Å². The first-order valence-electron chi connectivity index (χ1n) is 10.2. The molecule has 7 heteroatoms. The molecule has 0 aliphatic heterocycles. The average molecular weight is 420 g/mol. The van der Waals surface area contributed by atoms with Crippen molar-refractivity contribution in [1.82, 2.24) is 25.1 Å². The van der Waals surface area contributed by atoms with Gasteiger partial charge in [-0.1, -0.05) is 55.4 Å². The van der Waals surface area contributed by atoms with E-state index in [1.165, 1.54) is 11.8 Å². The molecule has 2 heterocycles. The zero-order chi connectivity index (χ0) is 20.9. The number of hydrogen-bond acceptors (Lipinski definition) is 4. The summed E-state index contributed by atoms with van der Waals surface area (Å²) in [6, 6.07) is 16.4. The standard InChI is InChI=1S/C23H25N5OS/c1-3-4-12-24-21(29)15-30-23-27-26-22(28(23)17-9-7-8-16(2)13-17)19-14-25-20-11-6-5-10-18(19)20/h5-11,13-14,25H,3-4,12,15H2,1-2H3,(H,24,29). The van der Waals surface area contributed by atoms with Gasteiger partial charge in [-0.15, -0.1) is 10.2 Å². The molecule has 0 atom stereocenters. The summed E-state index contributed by atoms with van der Waals surface area (Å²) in [6.07, 6.45) is 4.01. The fraction of sp³-hybridized carbons (Fsp3) is 0.261. The number of fused-ring (bicyclic) bond motifs is 1. The number of nitrogens with one attached hydrogen (secondary N) is 2. The monoisotopic (exact) mass is 419 g/mol. The Hall–Kier alpha value is -3.06. The van der Waals surface area contributed by atoms with Crippen LogP contribution >= 0.6 is 11.8 Å². The van der Waals surface area contributed by atoms with Crippen molar-refractivity contribution in [1.29, 1.82) is 0 Å². The third-order valence-electron chi connectivity index (χ3n) is 4.91. The van der Waals surface area contributed by atoms with Crippen molar-refractivity contribution >= 4 is 28.6 Å². The maximum atomic E-state index is 12.2. The van der Waals surface area contributed by atoms with Gasteiger partial charge >= 0.3 is 0 Å². The third-order valence-corrected chi connectivity index (χ3v) is 5.84. The summed E-state index contributed by atoms with van der Waals surface area (Å²) in [4.78, 5) is 15.5. The van der Waals surface area contributed by atoms with Gasteiger partial charge in [-0.05, 0) is 37.1 Å². The average Bonchev–Trinajstić information content (AvgIpc) is 3.36. The summed E-state index contributed by atoms with van der Waals surface area (Å²) in [5.74, 6) is 1.08. The molecule has 1 amide bonds. The number of carbonyl (C=O) groups excluding carboxylic acids is 1. The Bertz CT molecular complexity index is 1160. The second-order valence-corrected chi connectivity index (χ2v) is 8.16. The molecular weight excluding hydrogens is 394 g/mol. The minimum absolute atomic E-state index is 0.0147. The van der Waals surface area contributed by atoms with Crippen LogP contribution in [0.15, 0.2) is 59.9 Å². The summed E-state index contributed by atoms with van der Waals surface area (Å²) in [7, 11) is 0. The highest BCUT2D eigenvalue weighted by atomic mass is 32.2. The number of hydrogen-bond donors (Lipinski definition) is 2. The quantitative estimate of drug-likeness (QED) is 0.320. The van der Waals surface area contributed by atoms with Crippen molar-refractivity contribution < 1.29 is 4.79 Å². The van der Waals surface area contributed by atoms with E-state index in [4.69, 9.17) is 0 Å². The van der Waals surface area contributed by atoms with E-state index in [0.717, 1.165) is 46.4 Å². The molecule has 0 saturated heterocycles. The molecule has 0 aliphatic rings. The molecule has 0 spiro atoms. The molecular formula is C23H25N5OS. The minimum Gasteiger partial charge on any atom is -0.360 e. The molecule has 2 aromatic heterocycles. The molecule has 154 valence electrons. The molecule has 2 N–H and O–H groups in total. The van der Waals surface area contributed by atoms with Gasteiger partial charge in [0.1, 0.15) is 0 Å². The van der Waals surface area contributed by atoms with Crippen LogP contribution in [-0.2, 0) is 4.79 Å². The van der Waals surface area contributed by atoms with Crippen LogP contribution < -0.4 is 5.32 Å². The number of rotatable bonds is 8. The van der Waals surface area contributed by atoms with Crippen LogP contribution in [0.3, 0.4) is 0 Å². The van der Waals surface area contributed by atoms with E-state index in [9.17, 15) is 4.79 Å². The van der Waals surface area contributed by atoms with Gasteiger partial charge in [-0.25, -0.2) is 0 Å². The van der Waals surface area contributed by atoms with Crippen molar-refractivity contribution in [3.63, 3.8) is 0 Å². The van der Waals surface area contributed by atoms with Gasteiger partial charge in [0.2, 0.25) is 5.91 Å². The Balaban J connectivity index is 1.70. The number of aryl methyl sites for hydroxylation is 1. The van der Waals surface area contributed by atoms with Crippen LogP contribution in [0.2, 0.25) is 0 Å². The van der Waals surface area contributed by atoms with Gasteiger partial charge in [0.05, 0.1) is 5.75 Å². The van der Waals surface area contributed by atoms with E-state index in [2.05, 4.69) is 52.5 Å². The number of unbranched alkanes of at least 4 members (excludes halogenated alkanes) is 1. The largest absolute Gasteiger partial charge is 0.360 e. The normalized spacial score (nSPS) is 11.1. The molecule has 0 radical (unpaired) electrons. The van der Waals surface area contributed by atoms with Gasteiger partial charge in [0, 0.05) is 34.9 Å². The number of benzene rings is 2. The highest BCUT2D eigenvalue weighted by Gasteiger charge is 2.19. The first-order valence-corrected chi connectivity index (χ1v) is 11.1. The maximum absolute atomic E-state index is 12.2. The molecule has 0 unspecified atom stereocenters. The lowest BCUT2D eigenvalue weighted by Gasteiger charge is -2.11. The molecule has 30 heavy (non-hydrogen) atoms. The van der Waals surface area contributed by atoms with Crippen molar-refractivity contribution in [2.24, 2.45) is 0 Å². The van der Waals surface area contributed by atoms with Crippen LogP contribution in [0.4, 0.5) is 0 Å². The number of aromatic amines is 1. The highest BCUT2D eigenvalue weighted by molar-refractivity contribution is 7.99. The fourth-order valence-electron chi connectivity index (χ4n) is 3.38. The first kappa shape index (κ1) is 20.2. The third kappa shape index (κ3) is 4.26. The summed E-state index contributed by atoms with van der Waals surface area (Å²) in [5, 5.41) is 13.7. The highest BCUT2D eigenvalue weighted by Crippen LogP contribution is 2.32. The van der Waals surface area contributed by atoms with Gasteiger partial charge in [0.15, 0.2) is 11.0 Å². The Labute approximate surface area is 180 Å². The van der Waals surface area contributed by atoms with Crippen molar-refractivity contribution in [3.05, 3.63) is 60.3 Å².